The zero-order chi connectivity index (χ0) is 37.7. The predicted octanol–water partition coefficient (Wildman–Crippen LogP) is 6.05. The number of nitrogen functional groups attached to an aromatic ring is 1. The number of aromatic nitrogens is 3. The number of halogens is 3. The molecular formula is C41H40F3N7O4. The first kappa shape index (κ1) is 34.4. The summed E-state index contributed by atoms with van der Waals surface area (Å²) < 4.78 is 64.5. The first-order valence-corrected chi connectivity index (χ1v) is 19.1. The highest BCUT2D eigenvalue weighted by Crippen LogP contribution is 2.46. The van der Waals surface area contributed by atoms with Crippen molar-refractivity contribution in [1.29, 1.82) is 0 Å². The summed E-state index contributed by atoms with van der Waals surface area (Å²) in [7, 11) is 0. The highest BCUT2D eigenvalue weighted by molar-refractivity contribution is 6.04. The molecule has 0 spiro atoms. The number of ether oxygens (including phenoxy) is 1. The van der Waals surface area contributed by atoms with E-state index in [4.69, 9.17) is 40.7 Å². The lowest BCUT2D eigenvalue weighted by Crippen LogP contribution is -2.60. The molecule has 284 valence electrons. The summed E-state index contributed by atoms with van der Waals surface area (Å²) in [4.78, 5) is 33.5. The van der Waals surface area contributed by atoms with Crippen LogP contribution in [0.2, 0.25) is 0 Å². The van der Waals surface area contributed by atoms with Gasteiger partial charge in [0.1, 0.15) is 41.4 Å². The van der Waals surface area contributed by atoms with Crippen molar-refractivity contribution >= 4 is 33.2 Å². The Bertz CT molecular complexity index is 2500. The largest absolute Gasteiger partial charge is 0.519 e. The van der Waals surface area contributed by atoms with Gasteiger partial charge in [0.25, 0.3) is 0 Å². The van der Waals surface area contributed by atoms with Crippen molar-refractivity contribution in [1.82, 2.24) is 24.8 Å². The third-order valence-corrected chi connectivity index (χ3v) is 12.8. The molecule has 0 saturated carbocycles. The molecule has 2 aromatic carbocycles. The summed E-state index contributed by atoms with van der Waals surface area (Å²) >= 11 is 0. The average molecular weight is 752 g/mol. The molecule has 11 nitrogen and oxygen atoms in total. The molecule has 8 heterocycles. The molecule has 55 heavy (non-hydrogen) atoms. The number of aryl methyl sites for hydroxylation is 2. The molecule has 4 fully saturated rings. The first-order chi connectivity index (χ1) is 26.6. The lowest BCUT2D eigenvalue weighted by Gasteiger charge is -2.48. The van der Waals surface area contributed by atoms with Crippen LogP contribution in [0.15, 0.2) is 37.9 Å². The number of hydrogen-bond donors (Lipinski definition) is 1. The summed E-state index contributed by atoms with van der Waals surface area (Å²) in [5.41, 5.74) is 7.10. The van der Waals surface area contributed by atoms with Gasteiger partial charge in [0, 0.05) is 54.3 Å². The number of pyridine rings is 1. The van der Waals surface area contributed by atoms with Gasteiger partial charge in [-0.2, -0.15) is 9.97 Å². The van der Waals surface area contributed by atoms with Crippen LogP contribution in [0, 0.1) is 30.9 Å². The number of nitrogens with two attached hydrogens (primary N) is 1. The molecule has 2 bridgehead atoms. The summed E-state index contributed by atoms with van der Waals surface area (Å²) in [6.45, 7) is 4.11. The van der Waals surface area contributed by atoms with Crippen molar-refractivity contribution in [2.75, 3.05) is 36.9 Å². The molecule has 5 aromatic rings. The molecule has 3 aromatic heterocycles. The summed E-state index contributed by atoms with van der Waals surface area (Å²) in [6, 6.07) is 6.31. The molecule has 5 atom stereocenters. The van der Waals surface area contributed by atoms with Crippen molar-refractivity contribution in [3.05, 3.63) is 69.3 Å². The standard InChI is InChI=1S/C41H40F3N7O4/c1-3-26-28(43)10-8-22-14-24(45)15-27(33(22)26)36-35(44)37-34-29(46-36)6-4-7-30-31-11-9-25(50(31)19-32-21(2)54-40(52)55-32)18-51(30)38(34)48-39(47-37)53-20-41-12-5-13-49(41)17-23(42)16-41/h1,8,10,14-15,23,25,30-31H,4-7,9,11-13,16-20,45H2,2H3/t23-,25-,30?,31+,41+/m1/s1. The van der Waals surface area contributed by atoms with E-state index in [1.165, 1.54) is 6.07 Å². The molecule has 5 aliphatic heterocycles. The van der Waals surface area contributed by atoms with Crippen LogP contribution in [-0.4, -0.2) is 80.8 Å². The minimum absolute atomic E-state index is 0.00425. The maximum Gasteiger partial charge on any atom is 0.519 e. The fourth-order valence-electron chi connectivity index (χ4n) is 10.4. The molecule has 0 amide bonds. The second-order valence-corrected chi connectivity index (χ2v) is 15.9. The SMILES string of the molecule is C#Cc1c(F)ccc2cc(N)cc(-c3nc4c5c(nc(OC[C@@]67CCCN6C[C@H](F)C7)nc5c3F)N3C[C@H]5CC[C@@H](C3CCC4)N5Cc3oc(=O)oc3C)c12. The minimum atomic E-state index is -0.944. The van der Waals surface area contributed by atoms with Crippen LogP contribution < -0.4 is 21.2 Å². The number of alkyl halides is 1. The fourth-order valence-corrected chi connectivity index (χ4v) is 10.4. The maximum absolute atomic E-state index is 17.5. The average Bonchev–Trinajstić information content (AvgIpc) is 3.87. The summed E-state index contributed by atoms with van der Waals surface area (Å²) in [5, 5.41) is 1.40. The number of benzene rings is 2. The van der Waals surface area contributed by atoms with Crippen molar-refractivity contribution in [3.63, 3.8) is 0 Å². The highest BCUT2D eigenvalue weighted by atomic mass is 19.1. The van der Waals surface area contributed by atoms with E-state index in [0.29, 0.717) is 77.4 Å². The Morgan fingerprint density at radius 2 is 1.95 bits per heavy atom. The summed E-state index contributed by atoms with van der Waals surface area (Å²) in [5.74, 6) is 1.96. The Morgan fingerprint density at radius 1 is 1.07 bits per heavy atom. The van der Waals surface area contributed by atoms with Gasteiger partial charge in [-0.1, -0.05) is 12.0 Å². The number of piperazine rings is 1. The van der Waals surface area contributed by atoms with E-state index in [0.717, 1.165) is 45.1 Å². The van der Waals surface area contributed by atoms with Crippen LogP contribution >= 0.6 is 0 Å². The Hall–Kier alpha value is -5.13. The second-order valence-electron chi connectivity index (χ2n) is 15.9. The fraction of sp³-hybridized carbons (Fsp3) is 0.463. The highest BCUT2D eigenvalue weighted by Gasteiger charge is 2.50. The van der Waals surface area contributed by atoms with Gasteiger partial charge in [-0.05, 0) is 82.0 Å². The van der Waals surface area contributed by atoms with Gasteiger partial charge in [0.05, 0.1) is 28.7 Å². The molecule has 14 heteroatoms. The number of nitrogens with zero attached hydrogens (tertiary/aromatic N) is 6. The number of fused-ring (bicyclic) bond motifs is 7. The zero-order valence-electron chi connectivity index (χ0n) is 30.4. The smallest absolute Gasteiger partial charge is 0.461 e. The molecule has 0 aliphatic carbocycles. The predicted molar refractivity (Wildman–Crippen MR) is 199 cm³/mol. The number of hydrogen-bond acceptors (Lipinski definition) is 11. The van der Waals surface area contributed by atoms with Crippen LogP contribution in [0.25, 0.3) is 32.9 Å². The third-order valence-electron chi connectivity index (χ3n) is 12.8. The van der Waals surface area contributed by atoms with Crippen LogP contribution in [0.4, 0.5) is 24.7 Å². The van der Waals surface area contributed by atoms with Gasteiger partial charge in [-0.3, -0.25) is 9.80 Å². The van der Waals surface area contributed by atoms with E-state index in [-0.39, 0.29) is 53.1 Å². The van der Waals surface area contributed by atoms with Gasteiger partial charge in [-0.15, -0.1) is 6.42 Å². The Labute approximate surface area is 314 Å². The normalized spacial score (nSPS) is 26.3. The van der Waals surface area contributed by atoms with E-state index < -0.39 is 29.2 Å². The van der Waals surface area contributed by atoms with E-state index in [1.807, 2.05) is 0 Å². The van der Waals surface area contributed by atoms with Crippen molar-refractivity contribution < 1.29 is 26.7 Å². The van der Waals surface area contributed by atoms with E-state index in [9.17, 15) is 9.18 Å². The lowest BCUT2D eigenvalue weighted by atomic mass is 9.92. The zero-order valence-corrected chi connectivity index (χ0v) is 30.4. The van der Waals surface area contributed by atoms with Gasteiger partial charge >= 0.3 is 11.8 Å². The molecule has 1 unspecified atom stereocenters. The van der Waals surface area contributed by atoms with Crippen LogP contribution in [0.5, 0.6) is 6.01 Å². The van der Waals surface area contributed by atoms with Gasteiger partial charge in [0.2, 0.25) is 0 Å². The van der Waals surface area contributed by atoms with Crippen LogP contribution in [-0.2, 0) is 13.0 Å². The monoisotopic (exact) mass is 751 g/mol. The van der Waals surface area contributed by atoms with Crippen molar-refractivity contribution in [3.8, 4) is 29.6 Å². The Morgan fingerprint density at radius 3 is 2.76 bits per heavy atom. The first-order valence-electron chi connectivity index (χ1n) is 19.1. The number of anilines is 2. The van der Waals surface area contributed by atoms with E-state index in [2.05, 4.69) is 20.6 Å². The Balaban J connectivity index is 1.13. The maximum atomic E-state index is 17.5. The molecule has 5 aliphatic rings. The van der Waals surface area contributed by atoms with Gasteiger partial charge in [-0.25, -0.2) is 22.9 Å². The number of rotatable bonds is 6. The van der Waals surface area contributed by atoms with Gasteiger partial charge < -0.3 is 24.2 Å². The molecular weight excluding hydrogens is 711 g/mol. The molecule has 2 N–H and O–H groups in total. The van der Waals surface area contributed by atoms with Crippen LogP contribution in [0.1, 0.15) is 67.7 Å². The molecule has 4 saturated heterocycles. The van der Waals surface area contributed by atoms with Crippen molar-refractivity contribution in [2.24, 2.45) is 0 Å². The quantitative estimate of drug-likeness (QED) is 0.161. The summed E-state index contributed by atoms with van der Waals surface area (Å²) in [6.07, 6.45) is 10.9. The molecule has 10 rings (SSSR count). The second kappa shape index (κ2) is 12.7. The Kier molecular flexibility index (Phi) is 7.94. The van der Waals surface area contributed by atoms with Crippen LogP contribution in [0.3, 0.4) is 0 Å². The lowest BCUT2D eigenvalue weighted by molar-refractivity contribution is 0.106. The number of terminal acetylenes is 1. The van der Waals surface area contributed by atoms with E-state index >= 15 is 8.78 Å². The van der Waals surface area contributed by atoms with E-state index in [1.54, 1.807) is 25.1 Å². The molecule has 0 radical (unpaired) electrons. The van der Waals surface area contributed by atoms with Gasteiger partial charge in [0.15, 0.2) is 11.6 Å². The van der Waals surface area contributed by atoms with Crippen molar-refractivity contribution in [2.45, 2.75) is 94.7 Å². The minimum Gasteiger partial charge on any atom is -0.461 e. The topological polar surface area (TPSA) is 127 Å². The third kappa shape index (κ3) is 5.41.